The van der Waals surface area contributed by atoms with E-state index in [1.54, 1.807) is 32.0 Å². The molecule has 0 N–H and O–H groups in total. The number of benzene rings is 3. The van der Waals surface area contributed by atoms with Crippen molar-refractivity contribution in [2.24, 2.45) is 0 Å². The monoisotopic (exact) mass is 638 g/mol. The molecule has 4 aromatic rings. The van der Waals surface area contributed by atoms with Crippen molar-refractivity contribution in [3.8, 4) is 34.0 Å². The molecule has 3 aromatic carbocycles. The molecule has 0 bridgehead atoms. The molecule has 11 heteroatoms. The summed E-state index contributed by atoms with van der Waals surface area (Å²) in [5.41, 5.74) is 3.77. The third-order valence-electron chi connectivity index (χ3n) is 7.91. The van der Waals surface area contributed by atoms with Gasteiger partial charge < -0.3 is 23.8 Å². The lowest BCUT2D eigenvalue weighted by Gasteiger charge is -2.36. The van der Waals surface area contributed by atoms with Crippen molar-refractivity contribution >= 4 is 23.4 Å². The molecule has 1 fully saturated rings. The molecule has 2 heterocycles. The highest BCUT2D eigenvalue weighted by Crippen LogP contribution is 2.37. The number of carbonyl (C=O) groups excluding carboxylic acids is 1. The summed E-state index contributed by atoms with van der Waals surface area (Å²) in [5, 5.41) is 0.885. The number of ether oxygens (including phenoxy) is 2. The normalized spacial score (nSPS) is 13.6. The summed E-state index contributed by atoms with van der Waals surface area (Å²) in [6, 6.07) is 21.2. The highest BCUT2D eigenvalue weighted by Gasteiger charge is 2.31. The lowest BCUT2D eigenvalue weighted by atomic mass is 10.0. The van der Waals surface area contributed by atoms with Gasteiger partial charge in [-0.15, -0.1) is 0 Å². The van der Waals surface area contributed by atoms with Crippen molar-refractivity contribution in [2.45, 2.75) is 37.6 Å². The Bertz CT molecular complexity index is 1580. The van der Waals surface area contributed by atoms with Crippen molar-refractivity contribution in [1.82, 2.24) is 14.5 Å². The van der Waals surface area contributed by atoms with Gasteiger partial charge >= 0.3 is 6.18 Å². The van der Waals surface area contributed by atoms with Crippen LogP contribution in [0.25, 0.3) is 22.5 Å². The van der Waals surface area contributed by atoms with Crippen LogP contribution in [0.4, 0.5) is 18.9 Å². The zero-order valence-electron chi connectivity index (χ0n) is 25.6. The third-order valence-corrected chi connectivity index (χ3v) is 8.98. The summed E-state index contributed by atoms with van der Waals surface area (Å²) in [4.78, 5) is 21.8. The minimum absolute atomic E-state index is 0.0657. The van der Waals surface area contributed by atoms with Crippen LogP contribution in [-0.2, 0) is 17.5 Å². The van der Waals surface area contributed by atoms with Crippen LogP contribution in [0.1, 0.15) is 25.3 Å². The van der Waals surface area contributed by atoms with Gasteiger partial charge in [0.1, 0.15) is 11.5 Å². The fraction of sp³-hybridized carbons (Fsp3) is 0.353. The second kappa shape index (κ2) is 14.3. The van der Waals surface area contributed by atoms with Gasteiger partial charge in [0.2, 0.25) is 5.91 Å². The lowest BCUT2D eigenvalue weighted by Crippen LogP contribution is -2.48. The van der Waals surface area contributed by atoms with E-state index in [4.69, 9.17) is 14.5 Å². The Morgan fingerprint density at radius 2 is 1.51 bits per heavy atom. The number of rotatable bonds is 11. The van der Waals surface area contributed by atoms with E-state index in [0.29, 0.717) is 44.7 Å². The number of hydrogen-bond acceptors (Lipinski definition) is 6. The first kappa shape index (κ1) is 32.3. The molecule has 1 saturated heterocycles. The first-order valence-corrected chi connectivity index (χ1v) is 15.9. The number of halogens is 3. The van der Waals surface area contributed by atoms with Gasteiger partial charge in [-0.1, -0.05) is 17.8 Å². The zero-order chi connectivity index (χ0) is 32.0. The Morgan fingerprint density at radius 3 is 2.09 bits per heavy atom. The Labute approximate surface area is 266 Å². The van der Waals surface area contributed by atoms with E-state index in [1.807, 2.05) is 58.3 Å². The predicted octanol–water partition coefficient (Wildman–Crippen LogP) is 7.49. The van der Waals surface area contributed by atoms with Crippen molar-refractivity contribution in [1.29, 1.82) is 0 Å². The number of imidazole rings is 1. The van der Waals surface area contributed by atoms with Gasteiger partial charge in [-0.3, -0.25) is 4.79 Å². The maximum absolute atomic E-state index is 13.1. The van der Waals surface area contributed by atoms with Gasteiger partial charge in [-0.25, -0.2) is 4.98 Å². The second-order valence-electron chi connectivity index (χ2n) is 10.7. The first-order valence-electron chi connectivity index (χ1n) is 14.9. The zero-order valence-corrected chi connectivity index (χ0v) is 26.5. The molecule has 1 aromatic heterocycles. The van der Waals surface area contributed by atoms with E-state index in [2.05, 4.69) is 11.5 Å². The molecule has 5 rings (SSSR count). The maximum Gasteiger partial charge on any atom is 0.416 e. The van der Waals surface area contributed by atoms with Crippen LogP contribution in [0, 0.1) is 0 Å². The van der Waals surface area contributed by atoms with Gasteiger partial charge in [0, 0.05) is 61.7 Å². The van der Waals surface area contributed by atoms with E-state index in [-0.39, 0.29) is 5.91 Å². The molecular formula is C34H37F3N4O3S. The third kappa shape index (κ3) is 7.58. The van der Waals surface area contributed by atoms with Crippen molar-refractivity contribution in [2.75, 3.05) is 51.1 Å². The number of anilines is 1. The number of carbonyl (C=O) groups is 1. The minimum atomic E-state index is -4.38. The Balaban J connectivity index is 1.22. The topological polar surface area (TPSA) is 59.8 Å². The molecule has 45 heavy (non-hydrogen) atoms. The molecule has 0 atom stereocenters. The molecule has 7 nitrogen and oxygen atoms in total. The van der Waals surface area contributed by atoms with Gasteiger partial charge in [0.15, 0.2) is 5.16 Å². The number of methoxy groups -OCH3 is 2. The molecular weight excluding hydrogens is 601 g/mol. The second-order valence-corrected chi connectivity index (χ2v) is 11.7. The predicted molar refractivity (Wildman–Crippen MR) is 172 cm³/mol. The minimum Gasteiger partial charge on any atom is -0.497 e. The molecule has 1 aliphatic heterocycles. The van der Waals surface area contributed by atoms with Gasteiger partial charge in [-0.05, 0) is 80.1 Å². The molecule has 0 aliphatic carbocycles. The molecule has 0 spiro atoms. The number of nitrogens with zero attached hydrogens (tertiary/aromatic N) is 4. The fourth-order valence-electron chi connectivity index (χ4n) is 5.47. The van der Waals surface area contributed by atoms with Gasteiger partial charge in [-0.2, -0.15) is 13.2 Å². The quantitative estimate of drug-likeness (QED) is 0.125. The number of hydrogen-bond donors (Lipinski definition) is 0. The number of thioether (sulfide) groups is 1. The van der Waals surface area contributed by atoms with Crippen molar-refractivity contribution in [3.05, 3.63) is 78.4 Å². The Morgan fingerprint density at radius 1 is 0.889 bits per heavy atom. The van der Waals surface area contributed by atoms with E-state index >= 15 is 0 Å². The van der Waals surface area contributed by atoms with Gasteiger partial charge in [0.05, 0.1) is 31.2 Å². The summed E-state index contributed by atoms with van der Waals surface area (Å²) in [7, 11) is 3.29. The Hall–Kier alpha value is -4.12. The van der Waals surface area contributed by atoms with E-state index in [9.17, 15) is 18.0 Å². The van der Waals surface area contributed by atoms with Crippen LogP contribution in [-0.4, -0.2) is 66.5 Å². The van der Waals surface area contributed by atoms with E-state index in [0.717, 1.165) is 57.5 Å². The summed E-state index contributed by atoms with van der Waals surface area (Å²) in [5.74, 6) is 2.34. The molecule has 0 radical (unpaired) electrons. The highest BCUT2D eigenvalue weighted by molar-refractivity contribution is 7.99. The average Bonchev–Trinajstić information content (AvgIpc) is 3.44. The number of amides is 1. The van der Waals surface area contributed by atoms with Gasteiger partial charge in [0.25, 0.3) is 0 Å². The average molecular weight is 639 g/mol. The fourth-order valence-corrected chi connectivity index (χ4v) is 6.47. The molecule has 0 unspecified atom stereocenters. The molecule has 1 aliphatic rings. The molecule has 0 saturated carbocycles. The largest absolute Gasteiger partial charge is 0.497 e. The van der Waals surface area contributed by atoms with Crippen LogP contribution in [0.5, 0.6) is 11.5 Å². The summed E-state index contributed by atoms with van der Waals surface area (Å²) < 4.78 is 52.4. The SMILES string of the molecule is CCn1c(SCCCC(=O)N2CCN(c3cccc(C(F)(F)F)c3)CC2)nc(-c2ccc(OC)cc2)c1-c1ccc(OC)cc1. The van der Waals surface area contributed by atoms with Crippen LogP contribution in [0.3, 0.4) is 0 Å². The summed E-state index contributed by atoms with van der Waals surface area (Å²) >= 11 is 1.63. The number of aromatic nitrogens is 2. The smallest absolute Gasteiger partial charge is 0.416 e. The number of alkyl halides is 3. The number of piperazine rings is 1. The van der Waals surface area contributed by atoms with E-state index < -0.39 is 11.7 Å². The molecule has 1 amide bonds. The summed E-state index contributed by atoms with van der Waals surface area (Å²) in [6.07, 6.45) is -3.29. The summed E-state index contributed by atoms with van der Waals surface area (Å²) in [6.45, 7) is 4.79. The van der Waals surface area contributed by atoms with Crippen LogP contribution < -0.4 is 14.4 Å². The van der Waals surface area contributed by atoms with Crippen LogP contribution in [0.2, 0.25) is 0 Å². The molecule has 238 valence electrons. The van der Waals surface area contributed by atoms with Crippen molar-refractivity contribution < 1.29 is 27.4 Å². The highest BCUT2D eigenvalue weighted by atomic mass is 32.2. The Kier molecular flexibility index (Phi) is 10.3. The van der Waals surface area contributed by atoms with Crippen LogP contribution in [0.15, 0.2) is 78.0 Å². The van der Waals surface area contributed by atoms with Crippen LogP contribution >= 0.6 is 11.8 Å². The lowest BCUT2D eigenvalue weighted by molar-refractivity contribution is -0.137. The first-order chi connectivity index (χ1) is 21.7. The maximum atomic E-state index is 13.1. The van der Waals surface area contributed by atoms with Crippen molar-refractivity contribution in [3.63, 3.8) is 0 Å². The standard InChI is InChI=1S/C34H37F3N4O3S/c1-4-41-32(25-12-16-29(44-3)17-13-25)31(24-10-14-28(43-2)15-11-24)38-33(41)45-22-6-9-30(42)40-20-18-39(19-21-40)27-8-5-7-26(23-27)34(35,36)37/h5,7-8,10-17,23H,4,6,9,18-22H2,1-3H3. The van der Waals surface area contributed by atoms with E-state index in [1.165, 1.54) is 12.1 Å².